The van der Waals surface area contributed by atoms with Gasteiger partial charge in [-0.15, -0.1) is 12.4 Å². The first-order valence-corrected chi connectivity index (χ1v) is 7.48. The second-order valence-electron chi connectivity index (χ2n) is 4.72. The number of amides is 2. The Morgan fingerprint density at radius 1 is 1.43 bits per heavy atom. The number of nitrogens with one attached hydrogen (secondary N) is 1. The first-order valence-electron chi connectivity index (χ1n) is 6.69. The van der Waals surface area contributed by atoms with Crippen molar-refractivity contribution in [2.75, 3.05) is 24.5 Å². The summed E-state index contributed by atoms with van der Waals surface area (Å²) in [6.07, 6.45) is 1.27. The van der Waals surface area contributed by atoms with Crippen LogP contribution in [0.2, 0.25) is 0 Å². The van der Waals surface area contributed by atoms with Crippen LogP contribution in [0.3, 0.4) is 0 Å². The molecule has 1 unspecified atom stereocenters. The fourth-order valence-corrected chi connectivity index (χ4v) is 2.77. The number of nitrogens with zero attached hydrogens (tertiary/aromatic N) is 1. The quantitative estimate of drug-likeness (QED) is 0.606. The molecular weight excluding hydrogens is 358 g/mol. The van der Waals surface area contributed by atoms with Gasteiger partial charge in [0, 0.05) is 17.6 Å². The molecule has 1 fully saturated rings. The van der Waals surface area contributed by atoms with Crippen molar-refractivity contribution in [2.45, 2.75) is 12.8 Å². The highest BCUT2D eigenvalue weighted by atomic mass is 79.9. The minimum atomic E-state index is -0.583. The highest BCUT2D eigenvalue weighted by molar-refractivity contribution is 9.10. The standard InChI is InChI=1S/C14H18BrN3O2.ClH/c15-11-4-1-2-5-12(11)18-9-6-10(14(18)20)13(19)17-8-3-7-16;/h1-2,4-5,10H,3,6-9,16H2,(H,17,19);1H. The van der Waals surface area contributed by atoms with Crippen molar-refractivity contribution in [1.82, 2.24) is 5.32 Å². The van der Waals surface area contributed by atoms with Crippen LogP contribution >= 0.6 is 28.3 Å². The van der Waals surface area contributed by atoms with Crippen LogP contribution in [0, 0.1) is 5.92 Å². The summed E-state index contributed by atoms with van der Waals surface area (Å²) in [5, 5.41) is 2.76. The summed E-state index contributed by atoms with van der Waals surface area (Å²) in [4.78, 5) is 26.0. The van der Waals surface area contributed by atoms with Crippen molar-refractivity contribution >= 4 is 45.8 Å². The van der Waals surface area contributed by atoms with E-state index in [-0.39, 0.29) is 24.2 Å². The Kier molecular flexibility index (Phi) is 7.14. The van der Waals surface area contributed by atoms with E-state index in [0.717, 1.165) is 16.6 Å². The van der Waals surface area contributed by atoms with Crippen molar-refractivity contribution in [3.8, 4) is 0 Å². The molecule has 1 aliphatic heterocycles. The third kappa shape index (κ3) is 4.18. The number of anilines is 1. The Hall–Kier alpha value is -1.11. The molecule has 0 saturated carbocycles. The molecule has 3 N–H and O–H groups in total. The number of carbonyl (C=O) groups is 2. The van der Waals surface area contributed by atoms with Gasteiger partial charge in [-0.3, -0.25) is 9.59 Å². The lowest BCUT2D eigenvalue weighted by atomic mass is 10.1. The van der Waals surface area contributed by atoms with E-state index in [1.807, 2.05) is 24.3 Å². The maximum Gasteiger partial charge on any atom is 0.239 e. The van der Waals surface area contributed by atoms with Crippen molar-refractivity contribution in [3.63, 3.8) is 0 Å². The zero-order chi connectivity index (χ0) is 14.5. The van der Waals surface area contributed by atoms with Crippen LogP contribution < -0.4 is 16.0 Å². The van der Waals surface area contributed by atoms with Gasteiger partial charge in [-0.1, -0.05) is 12.1 Å². The summed E-state index contributed by atoms with van der Waals surface area (Å²) in [5.41, 5.74) is 6.19. The minimum absolute atomic E-state index is 0. The molecule has 2 rings (SSSR count). The molecular formula is C14H19BrClN3O2. The van der Waals surface area contributed by atoms with Gasteiger partial charge in [-0.2, -0.15) is 0 Å². The zero-order valence-electron chi connectivity index (χ0n) is 11.5. The van der Waals surface area contributed by atoms with Gasteiger partial charge in [0.2, 0.25) is 11.8 Å². The zero-order valence-corrected chi connectivity index (χ0v) is 14.0. The second-order valence-corrected chi connectivity index (χ2v) is 5.57. The maximum atomic E-state index is 12.4. The summed E-state index contributed by atoms with van der Waals surface area (Å²) in [6.45, 7) is 1.62. The number of nitrogens with two attached hydrogens (primary N) is 1. The van der Waals surface area contributed by atoms with E-state index in [9.17, 15) is 9.59 Å². The van der Waals surface area contributed by atoms with E-state index >= 15 is 0 Å². The monoisotopic (exact) mass is 375 g/mol. The third-order valence-electron chi connectivity index (χ3n) is 3.35. The Balaban J connectivity index is 0.00000220. The normalized spacial score (nSPS) is 17.5. The van der Waals surface area contributed by atoms with Crippen molar-refractivity contribution in [2.24, 2.45) is 11.7 Å². The number of carbonyl (C=O) groups excluding carboxylic acids is 2. The average molecular weight is 377 g/mol. The summed E-state index contributed by atoms with van der Waals surface area (Å²) in [7, 11) is 0. The molecule has 0 spiro atoms. The van der Waals surface area contributed by atoms with Crippen LogP contribution in [0.25, 0.3) is 0 Å². The Morgan fingerprint density at radius 2 is 2.14 bits per heavy atom. The molecule has 5 nitrogen and oxygen atoms in total. The topological polar surface area (TPSA) is 75.4 Å². The van der Waals surface area contributed by atoms with Gasteiger partial charge in [-0.25, -0.2) is 0 Å². The molecule has 1 heterocycles. The van der Waals surface area contributed by atoms with Gasteiger partial charge in [-0.05, 0) is 47.4 Å². The minimum Gasteiger partial charge on any atom is -0.355 e. The van der Waals surface area contributed by atoms with Crippen LogP contribution in [-0.4, -0.2) is 31.4 Å². The number of halogens is 2. The van der Waals surface area contributed by atoms with E-state index in [2.05, 4.69) is 21.2 Å². The van der Waals surface area contributed by atoms with Gasteiger partial charge < -0.3 is 16.0 Å². The molecule has 116 valence electrons. The van der Waals surface area contributed by atoms with E-state index in [1.54, 1.807) is 4.90 Å². The molecule has 0 aliphatic carbocycles. The molecule has 0 bridgehead atoms. The van der Waals surface area contributed by atoms with Crippen LogP contribution in [0.4, 0.5) is 5.69 Å². The summed E-state index contributed by atoms with van der Waals surface area (Å²) in [5.74, 6) is -0.917. The molecule has 0 aromatic heterocycles. The Bertz CT molecular complexity index is 513. The van der Waals surface area contributed by atoms with Gasteiger partial charge in [0.15, 0.2) is 0 Å². The molecule has 7 heteroatoms. The lowest BCUT2D eigenvalue weighted by Gasteiger charge is -2.18. The number of benzene rings is 1. The number of hydrogen-bond donors (Lipinski definition) is 2. The van der Waals surface area contributed by atoms with Crippen molar-refractivity contribution < 1.29 is 9.59 Å². The molecule has 1 aliphatic rings. The van der Waals surface area contributed by atoms with E-state index in [1.165, 1.54) is 0 Å². The smallest absolute Gasteiger partial charge is 0.239 e. The van der Waals surface area contributed by atoms with E-state index in [0.29, 0.717) is 26.1 Å². The Labute approximate surface area is 138 Å². The number of para-hydroxylation sites is 1. The highest BCUT2D eigenvalue weighted by Gasteiger charge is 2.37. The fourth-order valence-electron chi connectivity index (χ4n) is 2.27. The van der Waals surface area contributed by atoms with Crippen LogP contribution in [-0.2, 0) is 9.59 Å². The second kappa shape index (κ2) is 8.36. The van der Waals surface area contributed by atoms with Crippen molar-refractivity contribution in [1.29, 1.82) is 0 Å². The highest BCUT2D eigenvalue weighted by Crippen LogP contribution is 2.31. The Morgan fingerprint density at radius 3 is 2.81 bits per heavy atom. The van der Waals surface area contributed by atoms with E-state index < -0.39 is 5.92 Å². The predicted molar refractivity (Wildman–Crippen MR) is 88.5 cm³/mol. The third-order valence-corrected chi connectivity index (χ3v) is 4.02. The summed E-state index contributed by atoms with van der Waals surface area (Å²) in [6, 6.07) is 7.53. The molecule has 1 aromatic rings. The molecule has 1 aromatic carbocycles. The maximum absolute atomic E-state index is 12.4. The largest absolute Gasteiger partial charge is 0.355 e. The van der Waals surface area contributed by atoms with Gasteiger partial charge in [0.1, 0.15) is 5.92 Å². The predicted octanol–water partition coefficient (Wildman–Crippen LogP) is 1.69. The fraction of sp³-hybridized carbons (Fsp3) is 0.429. The first-order chi connectivity index (χ1) is 9.65. The lowest BCUT2D eigenvalue weighted by Crippen LogP contribution is -2.37. The molecule has 2 amide bonds. The van der Waals surface area contributed by atoms with Gasteiger partial charge >= 0.3 is 0 Å². The van der Waals surface area contributed by atoms with E-state index in [4.69, 9.17) is 5.73 Å². The summed E-state index contributed by atoms with van der Waals surface area (Å²) < 4.78 is 0.859. The average Bonchev–Trinajstić information content (AvgIpc) is 2.81. The molecule has 1 saturated heterocycles. The molecule has 0 radical (unpaired) electrons. The number of rotatable bonds is 5. The summed E-state index contributed by atoms with van der Waals surface area (Å²) >= 11 is 3.43. The van der Waals surface area contributed by atoms with Crippen molar-refractivity contribution in [3.05, 3.63) is 28.7 Å². The van der Waals surface area contributed by atoms with Crippen LogP contribution in [0.5, 0.6) is 0 Å². The SMILES string of the molecule is Cl.NCCCNC(=O)C1CCN(c2ccccc2Br)C1=O. The first kappa shape index (κ1) is 17.9. The lowest BCUT2D eigenvalue weighted by molar-refractivity contribution is -0.132. The van der Waals surface area contributed by atoms with Crippen LogP contribution in [0.15, 0.2) is 28.7 Å². The van der Waals surface area contributed by atoms with Gasteiger partial charge in [0.05, 0.1) is 5.69 Å². The molecule has 21 heavy (non-hydrogen) atoms. The van der Waals surface area contributed by atoms with Crippen LogP contribution in [0.1, 0.15) is 12.8 Å². The van der Waals surface area contributed by atoms with Gasteiger partial charge in [0.25, 0.3) is 0 Å². The molecule has 1 atom stereocenters. The number of hydrogen-bond acceptors (Lipinski definition) is 3.